The number of hydrogen-bond acceptors (Lipinski definition) is 4. The summed E-state index contributed by atoms with van der Waals surface area (Å²) in [4.78, 5) is 16.4. The summed E-state index contributed by atoms with van der Waals surface area (Å²) in [6.45, 7) is 11.2. The van der Waals surface area contributed by atoms with Crippen LogP contribution in [0.3, 0.4) is 0 Å². The number of ether oxygens (including phenoxy) is 1. The topological polar surface area (TPSA) is 41.6 Å². The third kappa shape index (κ3) is 6.09. The van der Waals surface area contributed by atoms with E-state index in [1.807, 2.05) is 50.3 Å². The predicted octanol–water partition coefficient (Wildman–Crippen LogP) is 5.34. The second-order valence-electron chi connectivity index (χ2n) is 7.33. The van der Waals surface area contributed by atoms with Gasteiger partial charge in [-0.05, 0) is 63.9 Å². The van der Waals surface area contributed by atoms with Crippen molar-refractivity contribution >= 4 is 23.1 Å². The van der Waals surface area contributed by atoms with Crippen LogP contribution in [0, 0.1) is 13.8 Å². The molecule has 2 rings (SSSR count). The number of nitrogens with one attached hydrogen (secondary N) is 1. The van der Waals surface area contributed by atoms with Crippen LogP contribution in [0.15, 0.2) is 30.3 Å². The van der Waals surface area contributed by atoms with Crippen LogP contribution in [0.2, 0.25) is 0 Å². The first kappa shape index (κ1) is 19.3. The van der Waals surface area contributed by atoms with Gasteiger partial charge in [-0.3, -0.25) is 0 Å². The van der Waals surface area contributed by atoms with Crippen molar-refractivity contribution in [3.8, 4) is 0 Å². The summed E-state index contributed by atoms with van der Waals surface area (Å²) in [5.74, 6) is 0. The minimum Gasteiger partial charge on any atom is -0.444 e. The Bertz CT molecular complexity index is 732. The molecule has 136 valence electrons. The number of thiophene rings is 1. The Morgan fingerprint density at radius 2 is 1.96 bits per heavy atom. The molecule has 0 aliphatic heterocycles. The highest BCUT2D eigenvalue weighted by Gasteiger charge is 2.19. The van der Waals surface area contributed by atoms with Gasteiger partial charge >= 0.3 is 6.09 Å². The second-order valence-corrected chi connectivity index (χ2v) is 8.79. The van der Waals surface area contributed by atoms with Crippen molar-refractivity contribution in [2.45, 2.75) is 53.3 Å². The number of rotatable bonds is 5. The van der Waals surface area contributed by atoms with Crippen molar-refractivity contribution in [1.82, 2.24) is 4.90 Å². The fourth-order valence-electron chi connectivity index (χ4n) is 2.51. The van der Waals surface area contributed by atoms with E-state index in [2.05, 4.69) is 31.3 Å². The molecular formula is C20H28N2O2S. The molecule has 0 aliphatic carbocycles. The van der Waals surface area contributed by atoms with Crippen LogP contribution in [0.4, 0.5) is 10.5 Å². The Labute approximate surface area is 154 Å². The van der Waals surface area contributed by atoms with Crippen molar-refractivity contribution < 1.29 is 9.53 Å². The molecule has 1 N–H and O–H groups in total. The lowest BCUT2D eigenvalue weighted by Gasteiger charge is -2.24. The summed E-state index contributed by atoms with van der Waals surface area (Å²) in [6.07, 6.45) is -0.310. The largest absolute Gasteiger partial charge is 0.444 e. The lowest BCUT2D eigenvalue weighted by molar-refractivity contribution is 0.0285. The molecule has 1 amide bonds. The van der Waals surface area contributed by atoms with Crippen molar-refractivity contribution in [2.24, 2.45) is 0 Å². The molecule has 0 atom stereocenters. The molecule has 1 aromatic carbocycles. The van der Waals surface area contributed by atoms with Crippen LogP contribution < -0.4 is 5.32 Å². The summed E-state index contributed by atoms with van der Waals surface area (Å²) < 4.78 is 5.40. The maximum Gasteiger partial charge on any atom is 0.410 e. The van der Waals surface area contributed by atoms with Crippen molar-refractivity contribution in [3.05, 3.63) is 51.2 Å². The van der Waals surface area contributed by atoms with Crippen LogP contribution in [-0.2, 0) is 17.8 Å². The summed E-state index contributed by atoms with van der Waals surface area (Å²) in [6, 6.07) is 10.4. The molecule has 1 heterocycles. The second kappa shape index (κ2) is 7.91. The van der Waals surface area contributed by atoms with Gasteiger partial charge in [-0.15, -0.1) is 11.3 Å². The predicted molar refractivity (Wildman–Crippen MR) is 105 cm³/mol. The van der Waals surface area contributed by atoms with E-state index in [4.69, 9.17) is 4.74 Å². The Morgan fingerprint density at radius 1 is 1.24 bits per heavy atom. The van der Waals surface area contributed by atoms with Crippen molar-refractivity contribution in [1.29, 1.82) is 0 Å². The number of hydrogen-bond donors (Lipinski definition) is 1. The van der Waals surface area contributed by atoms with Crippen LogP contribution in [0.1, 0.15) is 41.7 Å². The van der Waals surface area contributed by atoms with E-state index in [1.54, 1.807) is 11.9 Å². The third-order valence-electron chi connectivity index (χ3n) is 3.68. The Hall–Kier alpha value is -2.01. The fourth-order valence-corrected chi connectivity index (χ4v) is 3.46. The molecular weight excluding hydrogens is 332 g/mol. The highest BCUT2D eigenvalue weighted by atomic mass is 32.1. The van der Waals surface area contributed by atoms with E-state index in [0.29, 0.717) is 6.54 Å². The van der Waals surface area contributed by atoms with Gasteiger partial charge in [-0.1, -0.05) is 12.1 Å². The van der Waals surface area contributed by atoms with Gasteiger partial charge in [0.15, 0.2) is 0 Å². The van der Waals surface area contributed by atoms with Gasteiger partial charge in [0, 0.05) is 35.6 Å². The van der Waals surface area contributed by atoms with E-state index in [1.165, 1.54) is 15.3 Å². The molecule has 1 aromatic heterocycles. The molecule has 0 aliphatic rings. The molecule has 0 saturated carbocycles. The zero-order valence-corrected chi connectivity index (χ0v) is 16.8. The van der Waals surface area contributed by atoms with Gasteiger partial charge in [0.25, 0.3) is 0 Å². The number of nitrogens with zero attached hydrogens (tertiary/aromatic N) is 1. The Balaban J connectivity index is 1.96. The summed E-state index contributed by atoms with van der Waals surface area (Å²) in [5, 5.41) is 3.47. The first-order valence-electron chi connectivity index (χ1n) is 8.47. The smallest absolute Gasteiger partial charge is 0.410 e. The van der Waals surface area contributed by atoms with E-state index >= 15 is 0 Å². The average Bonchev–Trinajstić information content (AvgIpc) is 2.81. The number of aryl methyl sites for hydroxylation is 2. The van der Waals surface area contributed by atoms with Gasteiger partial charge < -0.3 is 15.0 Å². The SMILES string of the molecule is Cc1cc(CNc2cccc(CN(C)C(=O)OC(C)(C)C)c2)c(C)s1. The molecule has 2 aromatic rings. The quantitative estimate of drug-likeness (QED) is 0.782. The van der Waals surface area contributed by atoms with Gasteiger partial charge in [0.2, 0.25) is 0 Å². The van der Waals surface area contributed by atoms with Gasteiger partial charge in [-0.2, -0.15) is 0 Å². The lowest BCUT2D eigenvalue weighted by Crippen LogP contribution is -2.33. The maximum absolute atomic E-state index is 12.1. The Kier molecular flexibility index (Phi) is 6.11. The zero-order chi connectivity index (χ0) is 18.6. The lowest BCUT2D eigenvalue weighted by atomic mass is 10.1. The third-order valence-corrected chi connectivity index (χ3v) is 4.69. The number of carbonyl (C=O) groups is 1. The minimum atomic E-state index is -0.481. The van der Waals surface area contributed by atoms with Crippen LogP contribution in [0.5, 0.6) is 0 Å². The molecule has 5 heteroatoms. The van der Waals surface area contributed by atoms with Crippen molar-refractivity contribution in [3.63, 3.8) is 0 Å². The van der Waals surface area contributed by atoms with E-state index in [9.17, 15) is 4.79 Å². The van der Waals surface area contributed by atoms with E-state index in [-0.39, 0.29) is 6.09 Å². The highest BCUT2D eigenvalue weighted by Crippen LogP contribution is 2.22. The molecule has 0 radical (unpaired) electrons. The highest BCUT2D eigenvalue weighted by molar-refractivity contribution is 7.12. The number of anilines is 1. The maximum atomic E-state index is 12.1. The number of amides is 1. The minimum absolute atomic E-state index is 0.310. The molecule has 0 fully saturated rings. The normalized spacial score (nSPS) is 11.3. The summed E-state index contributed by atoms with van der Waals surface area (Å²) >= 11 is 1.83. The molecule has 0 bridgehead atoms. The first-order valence-corrected chi connectivity index (χ1v) is 9.28. The average molecular weight is 361 g/mol. The van der Waals surface area contributed by atoms with Gasteiger partial charge in [0.1, 0.15) is 5.60 Å². The molecule has 0 unspecified atom stereocenters. The fraction of sp³-hybridized carbons (Fsp3) is 0.450. The molecule has 0 saturated heterocycles. The van der Waals surface area contributed by atoms with Crippen molar-refractivity contribution in [2.75, 3.05) is 12.4 Å². The standard InChI is InChI=1S/C20H28N2O2S/c1-14-10-17(15(2)25-14)12-21-18-9-7-8-16(11-18)13-22(6)19(23)24-20(3,4)5/h7-11,21H,12-13H2,1-6H3. The van der Waals surface area contributed by atoms with Crippen LogP contribution in [-0.4, -0.2) is 23.6 Å². The molecule has 0 spiro atoms. The van der Waals surface area contributed by atoms with E-state index < -0.39 is 5.60 Å². The first-order chi connectivity index (χ1) is 11.6. The number of benzene rings is 1. The summed E-state index contributed by atoms with van der Waals surface area (Å²) in [5.41, 5.74) is 2.97. The van der Waals surface area contributed by atoms with Gasteiger partial charge in [-0.25, -0.2) is 4.79 Å². The molecule has 4 nitrogen and oxygen atoms in total. The Morgan fingerprint density at radius 3 is 2.56 bits per heavy atom. The summed E-state index contributed by atoms with van der Waals surface area (Å²) in [7, 11) is 1.76. The van der Waals surface area contributed by atoms with E-state index in [0.717, 1.165) is 17.8 Å². The number of carbonyl (C=O) groups excluding carboxylic acids is 1. The zero-order valence-electron chi connectivity index (χ0n) is 16.0. The van der Waals surface area contributed by atoms with Gasteiger partial charge in [0.05, 0.1) is 0 Å². The van der Waals surface area contributed by atoms with Crippen LogP contribution >= 0.6 is 11.3 Å². The molecule has 25 heavy (non-hydrogen) atoms. The monoisotopic (exact) mass is 360 g/mol. The van der Waals surface area contributed by atoms with Crippen LogP contribution in [0.25, 0.3) is 0 Å².